The van der Waals surface area contributed by atoms with Gasteiger partial charge in [0, 0.05) is 13.6 Å². The van der Waals surface area contributed by atoms with Gasteiger partial charge in [-0.2, -0.15) is 4.31 Å². The van der Waals surface area contributed by atoms with E-state index in [1.165, 1.54) is 15.6 Å². The van der Waals surface area contributed by atoms with Crippen LogP contribution in [0, 0.1) is 6.92 Å². The van der Waals surface area contributed by atoms with E-state index < -0.39 is 10.0 Å². The van der Waals surface area contributed by atoms with E-state index in [1.807, 2.05) is 13.8 Å². The fraction of sp³-hybridized carbons (Fsp3) is 0.400. The van der Waals surface area contributed by atoms with Crippen LogP contribution >= 0.6 is 27.3 Å². The summed E-state index contributed by atoms with van der Waals surface area (Å²) in [6.07, 6.45) is 0. The Hall–Kier alpha value is -0.170. The number of halogens is 1. The molecule has 1 aromatic rings. The number of aryl methyl sites for hydroxylation is 1. The van der Waals surface area contributed by atoms with Gasteiger partial charge in [0.1, 0.15) is 4.21 Å². The fourth-order valence-corrected chi connectivity index (χ4v) is 4.85. The zero-order valence-corrected chi connectivity index (χ0v) is 12.7. The van der Waals surface area contributed by atoms with Crippen LogP contribution in [0.4, 0.5) is 0 Å². The number of hydrogen-bond donors (Lipinski definition) is 0. The molecule has 0 aromatic carbocycles. The van der Waals surface area contributed by atoms with Gasteiger partial charge >= 0.3 is 0 Å². The van der Waals surface area contributed by atoms with E-state index in [9.17, 15) is 8.42 Å². The van der Waals surface area contributed by atoms with E-state index in [0.29, 0.717) is 10.8 Å². The third-order valence-corrected chi connectivity index (χ3v) is 6.38. The largest absolute Gasteiger partial charge is 0.252 e. The fourth-order valence-electron chi connectivity index (χ4n) is 1.18. The molecule has 0 saturated heterocycles. The molecule has 0 N–H and O–H groups in total. The highest BCUT2D eigenvalue weighted by Crippen LogP contribution is 2.31. The van der Waals surface area contributed by atoms with Gasteiger partial charge in [0.2, 0.25) is 0 Å². The molecule has 0 aliphatic carbocycles. The summed E-state index contributed by atoms with van der Waals surface area (Å²) in [7, 11) is -1.81. The van der Waals surface area contributed by atoms with Gasteiger partial charge in [0.25, 0.3) is 10.0 Å². The van der Waals surface area contributed by atoms with Crippen molar-refractivity contribution in [1.82, 2.24) is 4.31 Å². The summed E-state index contributed by atoms with van der Waals surface area (Å²) in [5.41, 5.74) is 1.76. The van der Waals surface area contributed by atoms with Crippen LogP contribution in [0.3, 0.4) is 0 Å². The average Bonchev–Trinajstić information content (AvgIpc) is 2.46. The number of rotatable bonds is 4. The lowest BCUT2D eigenvalue weighted by atomic mass is 10.4. The van der Waals surface area contributed by atoms with Crippen LogP contribution in [0.1, 0.15) is 12.5 Å². The molecule has 0 spiro atoms. The number of sulfonamides is 1. The standard InChI is InChI=1S/C10H14BrNO2S2/c1-7(2)6-12(4)16(13,14)9-5-8(3)10(11)15-9/h5H,1,6H2,2-4H3. The summed E-state index contributed by atoms with van der Waals surface area (Å²) >= 11 is 4.56. The Morgan fingerprint density at radius 3 is 2.56 bits per heavy atom. The predicted octanol–water partition coefficient (Wildman–Crippen LogP) is 3.02. The van der Waals surface area contributed by atoms with Crippen molar-refractivity contribution in [1.29, 1.82) is 0 Å². The molecule has 1 rings (SSSR count). The van der Waals surface area contributed by atoms with Gasteiger partial charge in [-0.3, -0.25) is 0 Å². The molecule has 3 nitrogen and oxygen atoms in total. The van der Waals surface area contributed by atoms with Gasteiger partial charge < -0.3 is 0 Å². The molecule has 16 heavy (non-hydrogen) atoms. The van der Waals surface area contributed by atoms with Gasteiger partial charge in [-0.05, 0) is 41.4 Å². The van der Waals surface area contributed by atoms with Gasteiger partial charge in [-0.25, -0.2) is 8.42 Å². The first-order valence-corrected chi connectivity index (χ1v) is 7.66. The highest BCUT2D eigenvalue weighted by molar-refractivity contribution is 9.11. The molecule has 0 fully saturated rings. The Morgan fingerprint density at radius 1 is 1.62 bits per heavy atom. The van der Waals surface area contributed by atoms with Crippen LogP contribution in [0.25, 0.3) is 0 Å². The van der Waals surface area contributed by atoms with Crippen LogP contribution in [-0.2, 0) is 10.0 Å². The number of nitrogens with zero attached hydrogens (tertiary/aromatic N) is 1. The summed E-state index contributed by atoms with van der Waals surface area (Å²) < 4.78 is 26.7. The molecule has 6 heteroatoms. The van der Waals surface area contributed by atoms with Crippen molar-refractivity contribution in [2.24, 2.45) is 0 Å². The van der Waals surface area contributed by atoms with E-state index in [2.05, 4.69) is 22.5 Å². The normalized spacial score (nSPS) is 12.1. The molecule has 1 aromatic heterocycles. The molecule has 0 aliphatic rings. The summed E-state index contributed by atoms with van der Waals surface area (Å²) in [6.45, 7) is 7.74. The van der Waals surface area contributed by atoms with Crippen LogP contribution < -0.4 is 0 Å². The smallest absolute Gasteiger partial charge is 0.206 e. The third kappa shape index (κ3) is 2.94. The van der Waals surface area contributed by atoms with E-state index in [0.717, 1.165) is 14.9 Å². The molecular weight excluding hydrogens is 310 g/mol. The van der Waals surface area contributed by atoms with Crippen molar-refractivity contribution >= 4 is 37.3 Å². The van der Waals surface area contributed by atoms with Crippen molar-refractivity contribution in [2.75, 3.05) is 13.6 Å². The Kier molecular flexibility index (Phi) is 4.34. The lowest BCUT2D eigenvalue weighted by Gasteiger charge is -2.15. The summed E-state index contributed by atoms with van der Waals surface area (Å²) in [4.78, 5) is 0. The molecule has 90 valence electrons. The molecule has 0 unspecified atom stereocenters. The molecule has 0 atom stereocenters. The van der Waals surface area contributed by atoms with E-state index in [-0.39, 0.29) is 0 Å². The lowest BCUT2D eigenvalue weighted by molar-refractivity contribution is 0.495. The molecule has 1 heterocycles. The second-order valence-corrected chi connectivity index (χ2v) is 8.38. The van der Waals surface area contributed by atoms with Gasteiger partial charge in [-0.1, -0.05) is 12.2 Å². The summed E-state index contributed by atoms with van der Waals surface area (Å²) in [6, 6.07) is 1.68. The number of thiophene rings is 1. The van der Waals surface area contributed by atoms with Crippen LogP contribution in [0.5, 0.6) is 0 Å². The summed E-state index contributed by atoms with van der Waals surface area (Å²) in [5.74, 6) is 0. The van der Waals surface area contributed by atoms with E-state index in [1.54, 1.807) is 13.1 Å². The third-order valence-electron chi connectivity index (χ3n) is 1.99. The van der Waals surface area contributed by atoms with E-state index >= 15 is 0 Å². The first-order valence-electron chi connectivity index (χ1n) is 4.62. The Bertz CT molecular complexity index is 485. The quantitative estimate of drug-likeness (QED) is 0.799. The second kappa shape index (κ2) is 5.00. The van der Waals surface area contributed by atoms with Crippen molar-refractivity contribution in [3.63, 3.8) is 0 Å². The molecular formula is C10H14BrNO2S2. The van der Waals surface area contributed by atoms with Crippen LogP contribution in [0.15, 0.2) is 26.2 Å². The topological polar surface area (TPSA) is 37.4 Å². The van der Waals surface area contributed by atoms with Gasteiger partial charge in [0.15, 0.2) is 0 Å². The Balaban J connectivity index is 3.06. The molecule has 0 bridgehead atoms. The highest BCUT2D eigenvalue weighted by Gasteiger charge is 2.23. The zero-order chi connectivity index (χ0) is 12.5. The monoisotopic (exact) mass is 323 g/mol. The predicted molar refractivity (Wildman–Crippen MR) is 71.4 cm³/mol. The Morgan fingerprint density at radius 2 is 2.19 bits per heavy atom. The number of hydrogen-bond acceptors (Lipinski definition) is 3. The molecule has 0 amide bonds. The van der Waals surface area contributed by atoms with Crippen molar-refractivity contribution in [3.05, 3.63) is 27.6 Å². The molecule has 0 saturated carbocycles. The zero-order valence-electron chi connectivity index (χ0n) is 9.45. The minimum atomic E-state index is -3.37. The summed E-state index contributed by atoms with van der Waals surface area (Å²) in [5, 5.41) is 0. The molecule has 0 radical (unpaired) electrons. The minimum Gasteiger partial charge on any atom is -0.206 e. The first-order chi connectivity index (χ1) is 7.25. The Labute approximate surface area is 109 Å². The SMILES string of the molecule is C=C(C)CN(C)S(=O)(=O)c1cc(C)c(Br)s1. The maximum atomic E-state index is 12.1. The minimum absolute atomic E-state index is 0.344. The maximum Gasteiger partial charge on any atom is 0.252 e. The average molecular weight is 324 g/mol. The maximum absolute atomic E-state index is 12.1. The molecule has 0 aliphatic heterocycles. The van der Waals surface area contributed by atoms with Crippen molar-refractivity contribution < 1.29 is 8.42 Å². The van der Waals surface area contributed by atoms with Gasteiger partial charge in [-0.15, -0.1) is 11.3 Å². The van der Waals surface area contributed by atoms with Gasteiger partial charge in [0.05, 0.1) is 3.79 Å². The van der Waals surface area contributed by atoms with Crippen LogP contribution in [0.2, 0.25) is 0 Å². The van der Waals surface area contributed by atoms with Crippen molar-refractivity contribution in [2.45, 2.75) is 18.1 Å². The number of likely N-dealkylation sites (N-methyl/N-ethyl adjacent to an activating group) is 1. The van der Waals surface area contributed by atoms with Crippen LogP contribution in [-0.4, -0.2) is 26.3 Å². The highest BCUT2D eigenvalue weighted by atomic mass is 79.9. The second-order valence-electron chi connectivity index (χ2n) is 3.74. The van der Waals surface area contributed by atoms with E-state index in [4.69, 9.17) is 0 Å². The first kappa shape index (κ1) is 13.9. The van der Waals surface area contributed by atoms with Crippen molar-refractivity contribution in [3.8, 4) is 0 Å². The lowest BCUT2D eigenvalue weighted by Crippen LogP contribution is -2.27.